The van der Waals surface area contributed by atoms with Gasteiger partial charge in [0.2, 0.25) is 0 Å². The number of halogens is 1. The van der Waals surface area contributed by atoms with Crippen molar-refractivity contribution >= 4 is 15.9 Å². The van der Waals surface area contributed by atoms with Gasteiger partial charge in [-0.25, -0.2) is 0 Å². The van der Waals surface area contributed by atoms with Gasteiger partial charge in [-0.3, -0.25) is 4.68 Å². The van der Waals surface area contributed by atoms with Gasteiger partial charge in [0.1, 0.15) is 0 Å². The van der Waals surface area contributed by atoms with Crippen LogP contribution >= 0.6 is 15.9 Å². The standard InChI is InChI=1S/C13H16BrN3/c1-9-13(14)10(2)17(16-9)8-12-5-3-4-11(6-12)7-15/h3-6H,7-8,15H2,1-2H3. The molecule has 2 aromatic rings. The summed E-state index contributed by atoms with van der Waals surface area (Å²) in [7, 11) is 0. The molecule has 0 unspecified atom stereocenters. The van der Waals surface area contributed by atoms with E-state index in [0.717, 1.165) is 28.0 Å². The van der Waals surface area contributed by atoms with Gasteiger partial charge in [0.15, 0.2) is 0 Å². The summed E-state index contributed by atoms with van der Waals surface area (Å²) in [4.78, 5) is 0. The van der Waals surface area contributed by atoms with Crippen molar-refractivity contribution in [3.63, 3.8) is 0 Å². The molecule has 1 heterocycles. The summed E-state index contributed by atoms with van der Waals surface area (Å²) in [5.74, 6) is 0. The fraction of sp³-hybridized carbons (Fsp3) is 0.308. The molecule has 0 aliphatic rings. The Morgan fingerprint density at radius 3 is 2.59 bits per heavy atom. The maximum atomic E-state index is 5.64. The minimum absolute atomic E-state index is 0.578. The predicted octanol–water partition coefficient (Wildman–Crippen LogP) is 2.77. The van der Waals surface area contributed by atoms with E-state index in [-0.39, 0.29) is 0 Å². The summed E-state index contributed by atoms with van der Waals surface area (Å²) in [5, 5.41) is 4.50. The Bertz CT molecular complexity index is 531. The van der Waals surface area contributed by atoms with Gasteiger partial charge in [0.25, 0.3) is 0 Å². The van der Waals surface area contributed by atoms with Gasteiger partial charge in [0, 0.05) is 6.54 Å². The molecule has 0 saturated heterocycles. The van der Waals surface area contributed by atoms with Crippen molar-refractivity contribution in [3.8, 4) is 0 Å². The van der Waals surface area contributed by atoms with Gasteiger partial charge in [0.05, 0.1) is 22.4 Å². The maximum Gasteiger partial charge on any atom is 0.0738 e. The molecule has 1 aromatic heterocycles. The van der Waals surface area contributed by atoms with Crippen LogP contribution in [0.3, 0.4) is 0 Å². The third-order valence-corrected chi connectivity index (χ3v) is 4.00. The molecule has 0 amide bonds. The Morgan fingerprint density at radius 2 is 2.00 bits per heavy atom. The topological polar surface area (TPSA) is 43.8 Å². The number of aromatic nitrogens is 2. The Morgan fingerprint density at radius 1 is 1.29 bits per heavy atom. The molecule has 0 bridgehead atoms. The average molecular weight is 294 g/mol. The smallest absolute Gasteiger partial charge is 0.0738 e. The van der Waals surface area contributed by atoms with Crippen LogP contribution in [0.4, 0.5) is 0 Å². The van der Waals surface area contributed by atoms with E-state index < -0.39 is 0 Å². The lowest BCUT2D eigenvalue weighted by Crippen LogP contribution is -2.05. The summed E-state index contributed by atoms with van der Waals surface area (Å²) in [6.07, 6.45) is 0. The monoisotopic (exact) mass is 293 g/mol. The lowest BCUT2D eigenvalue weighted by molar-refractivity contribution is 0.658. The van der Waals surface area contributed by atoms with Crippen LogP contribution in [0.25, 0.3) is 0 Å². The van der Waals surface area contributed by atoms with Crippen molar-refractivity contribution in [1.29, 1.82) is 0 Å². The summed E-state index contributed by atoms with van der Waals surface area (Å²) < 4.78 is 3.10. The third-order valence-electron chi connectivity index (χ3n) is 2.85. The van der Waals surface area contributed by atoms with Crippen molar-refractivity contribution in [2.45, 2.75) is 26.9 Å². The van der Waals surface area contributed by atoms with Crippen LogP contribution in [0, 0.1) is 13.8 Å². The molecule has 0 radical (unpaired) electrons. The van der Waals surface area contributed by atoms with Crippen LogP contribution in [0.15, 0.2) is 28.7 Å². The second-order valence-electron chi connectivity index (χ2n) is 4.17. The number of rotatable bonds is 3. The Kier molecular flexibility index (Phi) is 3.64. The molecule has 4 heteroatoms. The molecule has 1 aromatic carbocycles. The molecular weight excluding hydrogens is 278 g/mol. The highest BCUT2D eigenvalue weighted by atomic mass is 79.9. The van der Waals surface area contributed by atoms with Crippen LogP contribution in [0.5, 0.6) is 0 Å². The number of nitrogens with two attached hydrogens (primary N) is 1. The molecular formula is C13H16BrN3. The van der Waals surface area contributed by atoms with E-state index in [4.69, 9.17) is 5.73 Å². The Labute approximate surface area is 110 Å². The number of hydrogen-bond donors (Lipinski definition) is 1. The van der Waals surface area contributed by atoms with E-state index in [1.807, 2.05) is 23.7 Å². The summed E-state index contributed by atoms with van der Waals surface area (Å²) in [6, 6.07) is 8.31. The first kappa shape index (κ1) is 12.3. The van der Waals surface area contributed by atoms with E-state index in [0.29, 0.717) is 6.54 Å². The fourth-order valence-corrected chi connectivity index (χ4v) is 2.14. The highest BCUT2D eigenvalue weighted by Crippen LogP contribution is 2.20. The van der Waals surface area contributed by atoms with E-state index >= 15 is 0 Å². The minimum Gasteiger partial charge on any atom is -0.326 e. The van der Waals surface area contributed by atoms with Crippen molar-refractivity contribution in [2.75, 3.05) is 0 Å². The molecule has 0 aliphatic heterocycles. The minimum atomic E-state index is 0.578. The first-order valence-corrected chi connectivity index (χ1v) is 6.38. The maximum absolute atomic E-state index is 5.64. The first-order chi connectivity index (χ1) is 8.11. The van der Waals surface area contributed by atoms with Crippen molar-refractivity contribution in [3.05, 3.63) is 51.3 Å². The summed E-state index contributed by atoms with van der Waals surface area (Å²) >= 11 is 3.54. The summed E-state index contributed by atoms with van der Waals surface area (Å²) in [6.45, 7) is 5.43. The molecule has 17 heavy (non-hydrogen) atoms. The van der Waals surface area contributed by atoms with E-state index in [1.165, 1.54) is 5.56 Å². The van der Waals surface area contributed by atoms with E-state index in [1.54, 1.807) is 0 Å². The zero-order valence-electron chi connectivity index (χ0n) is 10.1. The van der Waals surface area contributed by atoms with Gasteiger partial charge in [-0.05, 0) is 40.9 Å². The molecule has 0 atom stereocenters. The molecule has 0 saturated carbocycles. The van der Waals surface area contributed by atoms with Gasteiger partial charge in [-0.1, -0.05) is 24.3 Å². The average Bonchev–Trinajstić information content (AvgIpc) is 2.57. The van der Waals surface area contributed by atoms with Crippen LogP contribution in [0.1, 0.15) is 22.5 Å². The SMILES string of the molecule is Cc1nn(Cc2cccc(CN)c2)c(C)c1Br. The van der Waals surface area contributed by atoms with Crippen LogP contribution in [0.2, 0.25) is 0 Å². The molecule has 90 valence electrons. The number of nitrogens with zero attached hydrogens (tertiary/aromatic N) is 2. The zero-order valence-corrected chi connectivity index (χ0v) is 11.7. The van der Waals surface area contributed by atoms with Gasteiger partial charge in [-0.15, -0.1) is 0 Å². The summed E-state index contributed by atoms with van der Waals surface area (Å²) in [5.41, 5.74) is 10.2. The Hall–Kier alpha value is -1.13. The van der Waals surface area contributed by atoms with Gasteiger partial charge < -0.3 is 5.73 Å². The first-order valence-electron chi connectivity index (χ1n) is 5.59. The second kappa shape index (κ2) is 5.02. The molecule has 0 aliphatic carbocycles. The van der Waals surface area contributed by atoms with E-state index in [2.05, 4.69) is 40.1 Å². The van der Waals surface area contributed by atoms with Crippen molar-refractivity contribution < 1.29 is 0 Å². The van der Waals surface area contributed by atoms with Crippen molar-refractivity contribution in [1.82, 2.24) is 9.78 Å². The number of hydrogen-bond acceptors (Lipinski definition) is 2. The largest absolute Gasteiger partial charge is 0.326 e. The second-order valence-corrected chi connectivity index (χ2v) is 4.96. The fourth-order valence-electron chi connectivity index (χ4n) is 1.86. The number of aryl methyl sites for hydroxylation is 1. The zero-order chi connectivity index (χ0) is 12.4. The highest BCUT2D eigenvalue weighted by Gasteiger charge is 2.08. The molecule has 3 nitrogen and oxygen atoms in total. The van der Waals surface area contributed by atoms with Crippen LogP contribution in [-0.2, 0) is 13.1 Å². The van der Waals surface area contributed by atoms with Gasteiger partial charge in [-0.2, -0.15) is 5.10 Å². The lowest BCUT2D eigenvalue weighted by Gasteiger charge is -2.06. The van der Waals surface area contributed by atoms with Crippen molar-refractivity contribution in [2.24, 2.45) is 5.73 Å². The normalized spacial score (nSPS) is 10.8. The molecule has 2 N–H and O–H groups in total. The predicted molar refractivity (Wildman–Crippen MR) is 72.8 cm³/mol. The molecule has 0 fully saturated rings. The third kappa shape index (κ3) is 2.58. The highest BCUT2D eigenvalue weighted by molar-refractivity contribution is 9.10. The van der Waals surface area contributed by atoms with Gasteiger partial charge >= 0.3 is 0 Å². The molecule has 2 rings (SSSR count). The van der Waals surface area contributed by atoms with Crippen LogP contribution in [-0.4, -0.2) is 9.78 Å². The van der Waals surface area contributed by atoms with E-state index in [9.17, 15) is 0 Å². The molecule has 0 spiro atoms. The quantitative estimate of drug-likeness (QED) is 0.946. The number of benzene rings is 1. The Balaban J connectivity index is 2.28. The van der Waals surface area contributed by atoms with Crippen LogP contribution < -0.4 is 5.73 Å². The lowest BCUT2D eigenvalue weighted by atomic mass is 10.1.